The Kier molecular flexibility index (Phi) is 13.3. The Bertz CT molecular complexity index is 1350. The van der Waals surface area contributed by atoms with E-state index in [9.17, 15) is 9.90 Å². The van der Waals surface area contributed by atoms with Gasteiger partial charge in [-0.05, 0) is 48.8 Å². The number of aromatic nitrogens is 1. The predicted octanol–water partition coefficient (Wildman–Crippen LogP) is 9.91. The molecule has 39 heavy (non-hydrogen) atoms. The summed E-state index contributed by atoms with van der Waals surface area (Å²) < 4.78 is 1.23. The van der Waals surface area contributed by atoms with Gasteiger partial charge < -0.3 is 10.1 Å². The first-order valence-corrected chi connectivity index (χ1v) is 14.5. The molecule has 0 aliphatic carbocycles. The molecule has 0 saturated heterocycles. The average Bonchev–Trinajstić information content (AvgIpc) is 3.35. The van der Waals surface area contributed by atoms with Gasteiger partial charge in [-0.3, -0.25) is 4.79 Å². The molecule has 0 fully saturated rings. The zero-order chi connectivity index (χ0) is 27.7. The minimum Gasteiger partial charge on any atom is -0.512 e. The van der Waals surface area contributed by atoms with Gasteiger partial charge in [-0.15, -0.1) is 46.2 Å². The smallest absolute Gasteiger partial charge is 0.162 e. The Morgan fingerprint density at radius 1 is 0.949 bits per heavy atom. The molecule has 3 nitrogen and oxygen atoms in total. The Balaban J connectivity index is 0.000000294. The van der Waals surface area contributed by atoms with E-state index in [2.05, 4.69) is 73.4 Å². The van der Waals surface area contributed by atoms with E-state index in [1.165, 1.54) is 32.2 Å². The number of hydrogen-bond acceptors (Lipinski definition) is 4. The number of allylic oxidation sites excluding steroid dienone is 2. The van der Waals surface area contributed by atoms with Crippen LogP contribution in [-0.4, -0.2) is 15.9 Å². The summed E-state index contributed by atoms with van der Waals surface area (Å²) in [6, 6.07) is 22.6. The topological polar surface area (TPSA) is 50.2 Å². The van der Waals surface area contributed by atoms with Crippen LogP contribution >= 0.6 is 11.3 Å². The normalized spacial score (nSPS) is 11.3. The number of thiophene rings is 1. The van der Waals surface area contributed by atoms with Gasteiger partial charge in [0.15, 0.2) is 5.78 Å². The number of rotatable bonds is 9. The number of benzene rings is 2. The van der Waals surface area contributed by atoms with Crippen LogP contribution in [0.15, 0.2) is 72.6 Å². The second-order valence-electron chi connectivity index (χ2n) is 9.81. The van der Waals surface area contributed by atoms with Gasteiger partial charge in [-0.1, -0.05) is 71.9 Å². The molecule has 0 amide bonds. The number of fused-ring (bicyclic) bond motifs is 1. The molecule has 0 aliphatic rings. The van der Waals surface area contributed by atoms with Gasteiger partial charge in [0.25, 0.3) is 0 Å². The second kappa shape index (κ2) is 15.9. The van der Waals surface area contributed by atoms with Crippen molar-refractivity contribution in [3.05, 3.63) is 89.8 Å². The van der Waals surface area contributed by atoms with Crippen LogP contribution in [0.1, 0.15) is 64.5 Å². The van der Waals surface area contributed by atoms with Crippen LogP contribution in [0.4, 0.5) is 0 Å². The third-order valence-corrected chi connectivity index (χ3v) is 8.18. The van der Waals surface area contributed by atoms with Crippen molar-refractivity contribution in [2.45, 2.75) is 67.2 Å². The Morgan fingerprint density at radius 3 is 2.18 bits per heavy atom. The van der Waals surface area contributed by atoms with Crippen molar-refractivity contribution in [1.29, 1.82) is 0 Å². The molecule has 5 heteroatoms. The van der Waals surface area contributed by atoms with E-state index < -0.39 is 0 Å². The number of nitrogens with zero attached hydrogens (tertiary/aromatic N) is 1. The summed E-state index contributed by atoms with van der Waals surface area (Å²) in [6.45, 7) is 12.3. The summed E-state index contributed by atoms with van der Waals surface area (Å²) in [6.07, 6.45) is 6.80. The van der Waals surface area contributed by atoms with Crippen molar-refractivity contribution in [3.8, 4) is 21.7 Å². The summed E-state index contributed by atoms with van der Waals surface area (Å²) in [7, 11) is 0. The molecule has 2 aromatic heterocycles. The first-order valence-electron chi connectivity index (χ1n) is 13.7. The van der Waals surface area contributed by atoms with Crippen LogP contribution < -0.4 is 0 Å². The first-order chi connectivity index (χ1) is 18.3. The monoisotopic (exact) mass is 719 g/mol. The van der Waals surface area contributed by atoms with E-state index >= 15 is 0 Å². The van der Waals surface area contributed by atoms with Crippen molar-refractivity contribution < 1.29 is 30.0 Å². The van der Waals surface area contributed by atoms with Gasteiger partial charge in [0.2, 0.25) is 0 Å². The van der Waals surface area contributed by atoms with Gasteiger partial charge >= 0.3 is 0 Å². The largest absolute Gasteiger partial charge is 0.512 e. The van der Waals surface area contributed by atoms with Gasteiger partial charge in [-0.25, -0.2) is 0 Å². The third-order valence-electron chi connectivity index (χ3n) is 6.98. The van der Waals surface area contributed by atoms with Crippen LogP contribution in [0.2, 0.25) is 0 Å². The number of carbonyl (C=O) groups excluding carboxylic acids is 1. The van der Waals surface area contributed by atoms with Crippen molar-refractivity contribution >= 4 is 27.2 Å². The molecule has 0 saturated carbocycles. The van der Waals surface area contributed by atoms with E-state index in [1.807, 2.05) is 40.0 Å². The van der Waals surface area contributed by atoms with Crippen LogP contribution in [0.3, 0.4) is 0 Å². The Labute approximate surface area is 251 Å². The Morgan fingerprint density at radius 2 is 1.59 bits per heavy atom. The fourth-order valence-corrected chi connectivity index (χ4v) is 5.87. The molecule has 0 atom stereocenters. The van der Waals surface area contributed by atoms with Crippen molar-refractivity contribution in [3.63, 3.8) is 0 Å². The van der Waals surface area contributed by atoms with Crippen LogP contribution in [0, 0.1) is 31.7 Å². The van der Waals surface area contributed by atoms with Crippen molar-refractivity contribution in [2.24, 2.45) is 11.8 Å². The fraction of sp³-hybridized carbons (Fsp3) is 0.353. The zero-order valence-electron chi connectivity index (χ0n) is 23.9. The first kappa shape index (κ1) is 32.6. The molecule has 4 rings (SSSR count). The number of hydrogen-bond donors (Lipinski definition) is 1. The molecule has 0 spiro atoms. The number of carbonyl (C=O) groups is 1. The second-order valence-corrected chi connectivity index (χ2v) is 10.9. The molecule has 0 bridgehead atoms. The van der Waals surface area contributed by atoms with Crippen LogP contribution in [-0.2, 0) is 24.9 Å². The minimum absolute atomic E-state index is 0. The van der Waals surface area contributed by atoms with Gasteiger partial charge in [-0.2, -0.15) is 0 Å². The fourth-order valence-electron chi connectivity index (χ4n) is 4.70. The molecule has 209 valence electrons. The summed E-state index contributed by atoms with van der Waals surface area (Å²) in [4.78, 5) is 17.6. The minimum atomic E-state index is 0. The Hall–Kier alpha value is -2.59. The van der Waals surface area contributed by atoms with E-state index in [-0.39, 0.29) is 43.5 Å². The third kappa shape index (κ3) is 8.70. The van der Waals surface area contributed by atoms with Crippen molar-refractivity contribution in [2.75, 3.05) is 0 Å². The number of aryl methyl sites for hydroxylation is 2. The molecule has 2 heterocycles. The molecule has 0 unspecified atom stereocenters. The summed E-state index contributed by atoms with van der Waals surface area (Å²) in [5, 5.41) is 11.0. The SMILES string of the molecule is CCC(CC)C(=O)/C=C(\O)C(CC)CC.Cc1[c-]c(-c2nccc3cc(-c4ccccc4)sc23)cc(C)c1.[Ir]. The number of aliphatic hydroxyl groups is 1. The van der Waals surface area contributed by atoms with Gasteiger partial charge in [0, 0.05) is 59.5 Å². The maximum atomic E-state index is 11.7. The number of ketones is 1. The summed E-state index contributed by atoms with van der Waals surface area (Å²) >= 11 is 1.80. The van der Waals surface area contributed by atoms with Crippen LogP contribution in [0.25, 0.3) is 31.8 Å². The average molecular weight is 719 g/mol. The number of pyridine rings is 1. The molecule has 4 aromatic rings. The molecule has 1 N–H and O–H groups in total. The predicted molar refractivity (Wildman–Crippen MR) is 163 cm³/mol. The van der Waals surface area contributed by atoms with E-state index in [0.717, 1.165) is 42.5 Å². The van der Waals surface area contributed by atoms with Gasteiger partial charge in [0.1, 0.15) is 0 Å². The molecule has 1 radical (unpaired) electrons. The van der Waals surface area contributed by atoms with Gasteiger partial charge in [0.05, 0.1) is 5.76 Å². The summed E-state index contributed by atoms with van der Waals surface area (Å²) in [5.74, 6) is 0.547. The van der Waals surface area contributed by atoms with E-state index in [4.69, 9.17) is 0 Å². The van der Waals surface area contributed by atoms with E-state index in [0.29, 0.717) is 0 Å². The quantitative estimate of drug-likeness (QED) is 0.107. The summed E-state index contributed by atoms with van der Waals surface area (Å²) in [5.41, 5.74) is 5.76. The zero-order valence-corrected chi connectivity index (χ0v) is 27.1. The molecular formula is C34H40IrNO2S-. The standard InChI is InChI=1S/C21H16NS.C13H24O2.Ir/c1-14-10-15(2)12-18(11-14)20-21-17(8-9-22-20)13-19(23-21)16-6-4-3-5-7-16;1-5-10(6-2)12(14)9-13(15)11(7-3)8-4;/h3-11,13H,1-2H3;9-11,14H,5-8H2,1-4H3;/q-1;;/b;12-9-;. The van der Waals surface area contributed by atoms with Crippen molar-refractivity contribution in [1.82, 2.24) is 4.98 Å². The molecule has 0 aliphatic heterocycles. The van der Waals surface area contributed by atoms with E-state index in [1.54, 1.807) is 11.3 Å². The maximum absolute atomic E-state index is 11.7. The number of aliphatic hydroxyl groups excluding tert-OH is 1. The van der Waals surface area contributed by atoms with Crippen LogP contribution in [0.5, 0.6) is 0 Å². The maximum Gasteiger partial charge on any atom is 0.162 e. The molecule has 2 aromatic carbocycles. The molecular weight excluding hydrogens is 679 g/mol.